The summed E-state index contributed by atoms with van der Waals surface area (Å²) in [5.74, 6) is -0.109. The van der Waals surface area contributed by atoms with E-state index in [-0.39, 0.29) is 11.8 Å². The van der Waals surface area contributed by atoms with E-state index in [1.165, 1.54) is 0 Å². The van der Waals surface area contributed by atoms with Gasteiger partial charge in [-0.2, -0.15) is 0 Å². The lowest BCUT2D eigenvalue weighted by Gasteiger charge is -2.36. The molecule has 0 atom stereocenters. The number of halogens is 1. The summed E-state index contributed by atoms with van der Waals surface area (Å²) in [6.45, 7) is 0. The van der Waals surface area contributed by atoms with Crippen molar-refractivity contribution in [2.24, 2.45) is 5.92 Å². The maximum absolute atomic E-state index is 12.8. The fourth-order valence-corrected chi connectivity index (χ4v) is 4.07. The number of nitrogens with one attached hydrogen (secondary N) is 1. The predicted octanol–water partition coefficient (Wildman–Crippen LogP) is 5.42. The molecule has 4 nitrogen and oxygen atoms in total. The SMILES string of the molecule is O=C(Nc1cccc(-c2ccccn2)c1)C1CCC(O)(c2ccc(Cl)cc2)CC1. The number of pyridine rings is 1. The van der Waals surface area contributed by atoms with Gasteiger partial charge in [-0.3, -0.25) is 9.78 Å². The van der Waals surface area contributed by atoms with Crippen molar-refractivity contribution in [2.45, 2.75) is 31.3 Å². The number of aliphatic hydroxyl groups is 1. The topological polar surface area (TPSA) is 62.2 Å². The van der Waals surface area contributed by atoms with E-state index in [1.807, 2.05) is 54.6 Å². The number of rotatable bonds is 4. The average Bonchev–Trinajstić information content (AvgIpc) is 2.75. The van der Waals surface area contributed by atoms with Crippen molar-refractivity contribution in [1.82, 2.24) is 4.98 Å². The second-order valence-electron chi connectivity index (χ2n) is 7.60. The van der Waals surface area contributed by atoms with Gasteiger partial charge in [0, 0.05) is 28.4 Å². The maximum Gasteiger partial charge on any atom is 0.227 e. The molecule has 0 bridgehead atoms. The number of carbonyl (C=O) groups excluding carboxylic acids is 1. The third kappa shape index (κ3) is 4.50. The van der Waals surface area contributed by atoms with Crippen LogP contribution in [0.2, 0.25) is 5.02 Å². The zero-order valence-corrected chi connectivity index (χ0v) is 16.8. The van der Waals surface area contributed by atoms with E-state index in [2.05, 4.69) is 10.3 Å². The van der Waals surface area contributed by atoms with Crippen LogP contribution in [0, 0.1) is 5.92 Å². The average molecular weight is 407 g/mol. The molecule has 1 fully saturated rings. The largest absolute Gasteiger partial charge is 0.385 e. The van der Waals surface area contributed by atoms with E-state index in [9.17, 15) is 9.90 Å². The molecule has 148 valence electrons. The summed E-state index contributed by atoms with van der Waals surface area (Å²) in [5.41, 5.74) is 2.57. The highest BCUT2D eigenvalue weighted by molar-refractivity contribution is 6.30. The van der Waals surface area contributed by atoms with Crippen molar-refractivity contribution in [3.63, 3.8) is 0 Å². The van der Waals surface area contributed by atoms with Crippen LogP contribution in [-0.2, 0) is 10.4 Å². The van der Waals surface area contributed by atoms with Crippen LogP contribution in [0.4, 0.5) is 5.69 Å². The van der Waals surface area contributed by atoms with Crippen molar-refractivity contribution in [1.29, 1.82) is 0 Å². The highest BCUT2D eigenvalue weighted by Crippen LogP contribution is 2.40. The molecule has 1 aliphatic carbocycles. The zero-order valence-electron chi connectivity index (χ0n) is 16.0. The monoisotopic (exact) mass is 406 g/mol. The van der Waals surface area contributed by atoms with E-state index >= 15 is 0 Å². The molecule has 1 aromatic heterocycles. The molecule has 1 aliphatic rings. The van der Waals surface area contributed by atoms with Gasteiger partial charge in [0.15, 0.2) is 0 Å². The number of amides is 1. The van der Waals surface area contributed by atoms with E-state index in [1.54, 1.807) is 18.3 Å². The Morgan fingerprint density at radius 3 is 2.48 bits per heavy atom. The van der Waals surface area contributed by atoms with E-state index < -0.39 is 5.60 Å². The lowest BCUT2D eigenvalue weighted by molar-refractivity contribution is -0.123. The van der Waals surface area contributed by atoms with Gasteiger partial charge in [-0.05, 0) is 67.6 Å². The Kier molecular flexibility index (Phi) is 5.65. The first kappa shape index (κ1) is 19.6. The summed E-state index contributed by atoms with van der Waals surface area (Å²) in [6, 6.07) is 20.8. The van der Waals surface area contributed by atoms with Crippen molar-refractivity contribution >= 4 is 23.2 Å². The molecule has 0 unspecified atom stereocenters. The summed E-state index contributed by atoms with van der Waals surface area (Å²) in [6.07, 6.45) is 4.15. The summed E-state index contributed by atoms with van der Waals surface area (Å²) in [5, 5.41) is 14.7. The van der Waals surface area contributed by atoms with Crippen LogP contribution in [0.25, 0.3) is 11.3 Å². The van der Waals surface area contributed by atoms with E-state index in [0.717, 1.165) is 22.5 Å². The van der Waals surface area contributed by atoms with Gasteiger partial charge in [0.2, 0.25) is 5.91 Å². The molecule has 2 aromatic carbocycles. The smallest absolute Gasteiger partial charge is 0.227 e. The van der Waals surface area contributed by atoms with Crippen LogP contribution < -0.4 is 5.32 Å². The van der Waals surface area contributed by atoms with Gasteiger partial charge >= 0.3 is 0 Å². The quantitative estimate of drug-likeness (QED) is 0.608. The van der Waals surface area contributed by atoms with Crippen LogP contribution in [0.1, 0.15) is 31.2 Å². The lowest BCUT2D eigenvalue weighted by atomic mass is 9.75. The Morgan fingerprint density at radius 1 is 1.03 bits per heavy atom. The Morgan fingerprint density at radius 2 is 1.79 bits per heavy atom. The first-order chi connectivity index (χ1) is 14.0. The summed E-state index contributed by atoms with van der Waals surface area (Å²) in [7, 11) is 0. The maximum atomic E-state index is 12.8. The van der Waals surface area contributed by atoms with Crippen molar-refractivity contribution < 1.29 is 9.90 Å². The number of hydrogen-bond donors (Lipinski definition) is 2. The van der Waals surface area contributed by atoms with Gasteiger partial charge in [0.1, 0.15) is 0 Å². The van der Waals surface area contributed by atoms with Crippen LogP contribution >= 0.6 is 11.6 Å². The molecule has 1 heterocycles. The molecular formula is C24H23ClN2O2. The molecule has 4 rings (SSSR count). The molecular weight excluding hydrogens is 384 g/mol. The van der Waals surface area contributed by atoms with Gasteiger partial charge in [-0.25, -0.2) is 0 Å². The molecule has 5 heteroatoms. The van der Waals surface area contributed by atoms with Gasteiger partial charge in [0.05, 0.1) is 11.3 Å². The number of aromatic nitrogens is 1. The van der Waals surface area contributed by atoms with Crippen LogP contribution in [-0.4, -0.2) is 16.0 Å². The summed E-state index contributed by atoms with van der Waals surface area (Å²) in [4.78, 5) is 17.1. The van der Waals surface area contributed by atoms with Crippen LogP contribution in [0.3, 0.4) is 0 Å². The van der Waals surface area contributed by atoms with Gasteiger partial charge in [-0.1, -0.05) is 41.9 Å². The molecule has 0 spiro atoms. The van der Waals surface area contributed by atoms with E-state index in [4.69, 9.17) is 11.6 Å². The zero-order chi connectivity index (χ0) is 20.3. The minimum absolute atomic E-state index is 0.00123. The van der Waals surface area contributed by atoms with Crippen molar-refractivity contribution in [3.8, 4) is 11.3 Å². The highest BCUT2D eigenvalue weighted by Gasteiger charge is 2.37. The first-order valence-corrected chi connectivity index (χ1v) is 10.2. The number of nitrogens with zero attached hydrogens (tertiary/aromatic N) is 1. The Hall–Kier alpha value is -2.69. The fraction of sp³-hybridized carbons (Fsp3) is 0.250. The molecule has 29 heavy (non-hydrogen) atoms. The molecule has 1 saturated carbocycles. The lowest BCUT2D eigenvalue weighted by Crippen LogP contribution is -2.35. The number of hydrogen-bond acceptors (Lipinski definition) is 3. The first-order valence-electron chi connectivity index (χ1n) is 9.84. The van der Waals surface area contributed by atoms with Crippen LogP contribution in [0.5, 0.6) is 0 Å². The molecule has 0 saturated heterocycles. The van der Waals surface area contributed by atoms with E-state index in [0.29, 0.717) is 30.7 Å². The predicted molar refractivity (Wildman–Crippen MR) is 116 cm³/mol. The van der Waals surface area contributed by atoms with Gasteiger partial charge in [-0.15, -0.1) is 0 Å². The van der Waals surface area contributed by atoms with Crippen LogP contribution in [0.15, 0.2) is 72.9 Å². The summed E-state index contributed by atoms with van der Waals surface area (Å²) < 4.78 is 0. The Bertz CT molecular complexity index is 981. The van der Waals surface area contributed by atoms with Crippen molar-refractivity contribution in [2.75, 3.05) is 5.32 Å². The van der Waals surface area contributed by atoms with Crippen molar-refractivity contribution in [3.05, 3.63) is 83.5 Å². The molecule has 0 aliphatic heterocycles. The number of benzene rings is 2. The highest BCUT2D eigenvalue weighted by atomic mass is 35.5. The third-order valence-corrected chi connectivity index (χ3v) is 5.91. The minimum atomic E-state index is -0.889. The third-order valence-electron chi connectivity index (χ3n) is 5.66. The minimum Gasteiger partial charge on any atom is -0.385 e. The normalized spacial score (nSPS) is 21.5. The standard InChI is InChI=1S/C24H23ClN2O2/c25-20-9-7-19(8-10-20)24(29)13-11-17(12-14-24)23(28)27-21-5-3-4-18(16-21)22-6-1-2-15-26-22/h1-10,15-17,29H,11-14H2,(H,27,28). The second kappa shape index (κ2) is 8.36. The fourth-order valence-electron chi connectivity index (χ4n) is 3.94. The molecule has 3 aromatic rings. The van der Waals surface area contributed by atoms with Gasteiger partial charge in [0.25, 0.3) is 0 Å². The number of carbonyl (C=O) groups is 1. The number of anilines is 1. The molecule has 2 N–H and O–H groups in total. The summed E-state index contributed by atoms with van der Waals surface area (Å²) >= 11 is 5.95. The molecule has 1 amide bonds. The Labute approximate surface area is 175 Å². The Balaban J connectivity index is 1.40. The van der Waals surface area contributed by atoms with Gasteiger partial charge < -0.3 is 10.4 Å². The molecule has 0 radical (unpaired) electrons. The second-order valence-corrected chi connectivity index (χ2v) is 8.03.